The maximum absolute atomic E-state index is 13.8. The maximum atomic E-state index is 13.8. The van der Waals surface area contributed by atoms with Gasteiger partial charge in [0.2, 0.25) is 0 Å². The van der Waals surface area contributed by atoms with E-state index >= 15 is 0 Å². The number of sulfone groups is 1. The molecule has 0 aliphatic carbocycles. The van der Waals surface area contributed by atoms with Crippen molar-refractivity contribution in [3.8, 4) is 11.5 Å². The highest BCUT2D eigenvalue weighted by molar-refractivity contribution is 7.90. The van der Waals surface area contributed by atoms with Crippen molar-refractivity contribution in [2.24, 2.45) is 0 Å². The van der Waals surface area contributed by atoms with Gasteiger partial charge in [-0.3, -0.25) is 0 Å². The first kappa shape index (κ1) is 16.0. The number of methoxy groups -OCH3 is 1. The van der Waals surface area contributed by atoms with E-state index < -0.39 is 15.7 Å². The predicted molar refractivity (Wildman–Crippen MR) is 74.2 cm³/mol. The molecule has 1 aromatic carbocycles. The van der Waals surface area contributed by atoms with Crippen LogP contribution in [0.4, 0.5) is 4.39 Å². The normalized spacial score (nSPS) is 17.8. The molecule has 0 bridgehead atoms. The van der Waals surface area contributed by atoms with Crippen molar-refractivity contribution in [3.05, 3.63) is 17.9 Å². The van der Waals surface area contributed by atoms with Crippen molar-refractivity contribution >= 4 is 9.84 Å². The summed E-state index contributed by atoms with van der Waals surface area (Å²) in [7, 11) is -1.90. The lowest BCUT2D eigenvalue weighted by Gasteiger charge is -2.27. The van der Waals surface area contributed by atoms with Gasteiger partial charge in [-0.25, -0.2) is 12.8 Å². The van der Waals surface area contributed by atoms with Gasteiger partial charge in [0.05, 0.1) is 11.5 Å². The van der Waals surface area contributed by atoms with Gasteiger partial charge in [-0.1, -0.05) is 0 Å². The number of rotatable bonds is 6. The Morgan fingerprint density at radius 3 is 2.90 bits per heavy atom. The molecular formula is C13H18FNO5S. The molecule has 118 valence electrons. The van der Waals surface area contributed by atoms with E-state index in [4.69, 9.17) is 14.2 Å². The van der Waals surface area contributed by atoms with Crippen LogP contribution in [0.1, 0.15) is 0 Å². The van der Waals surface area contributed by atoms with E-state index in [2.05, 4.69) is 5.32 Å². The summed E-state index contributed by atoms with van der Waals surface area (Å²) in [4.78, 5) is -0.129. The van der Waals surface area contributed by atoms with Crippen molar-refractivity contribution in [2.45, 2.75) is 11.0 Å². The lowest BCUT2D eigenvalue weighted by Crippen LogP contribution is -2.39. The van der Waals surface area contributed by atoms with Crippen molar-refractivity contribution in [3.63, 3.8) is 0 Å². The second-order valence-corrected chi connectivity index (χ2v) is 6.77. The number of halogens is 1. The lowest BCUT2D eigenvalue weighted by atomic mass is 10.2. The summed E-state index contributed by atoms with van der Waals surface area (Å²) in [6.07, 6.45) is 0.699. The SMILES string of the molecule is COCCNCC1COc2c(F)cc(S(C)(=O)=O)cc2O1. The highest BCUT2D eigenvalue weighted by atomic mass is 32.2. The van der Waals surface area contributed by atoms with E-state index in [0.29, 0.717) is 19.7 Å². The molecule has 0 amide bonds. The van der Waals surface area contributed by atoms with Gasteiger partial charge in [0.25, 0.3) is 0 Å². The smallest absolute Gasteiger partial charge is 0.197 e. The standard InChI is InChI=1S/C13H18FNO5S/c1-18-4-3-15-7-9-8-19-13-11(14)5-10(21(2,16)17)6-12(13)20-9/h5-6,9,15H,3-4,7-8H2,1-2H3. The van der Waals surface area contributed by atoms with E-state index in [-0.39, 0.29) is 29.1 Å². The number of nitrogens with one attached hydrogen (secondary N) is 1. The molecule has 0 saturated heterocycles. The zero-order chi connectivity index (χ0) is 15.5. The third kappa shape index (κ3) is 4.05. The summed E-state index contributed by atoms with van der Waals surface area (Å²) in [6.45, 7) is 1.91. The molecule has 6 nitrogen and oxygen atoms in total. The van der Waals surface area contributed by atoms with Crippen LogP contribution < -0.4 is 14.8 Å². The Bertz CT molecular complexity index is 605. The van der Waals surface area contributed by atoms with E-state index in [1.165, 1.54) is 6.07 Å². The van der Waals surface area contributed by atoms with Crippen molar-refractivity contribution in [1.29, 1.82) is 0 Å². The molecular weight excluding hydrogens is 301 g/mol. The van der Waals surface area contributed by atoms with Crippen LogP contribution in [0.3, 0.4) is 0 Å². The summed E-state index contributed by atoms with van der Waals surface area (Å²) < 4.78 is 52.7. The van der Waals surface area contributed by atoms with Gasteiger partial charge in [-0.2, -0.15) is 0 Å². The van der Waals surface area contributed by atoms with Crippen LogP contribution in [-0.2, 0) is 14.6 Å². The Balaban J connectivity index is 2.10. The third-order valence-electron chi connectivity index (χ3n) is 2.97. The highest BCUT2D eigenvalue weighted by Crippen LogP contribution is 2.36. The molecule has 0 aromatic heterocycles. The molecule has 2 rings (SSSR count). The summed E-state index contributed by atoms with van der Waals surface area (Å²) in [5, 5.41) is 3.10. The summed E-state index contributed by atoms with van der Waals surface area (Å²) in [5.41, 5.74) is 0. The van der Waals surface area contributed by atoms with Crippen LogP contribution in [-0.4, -0.2) is 54.2 Å². The van der Waals surface area contributed by atoms with Crippen molar-refractivity contribution < 1.29 is 27.0 Å². The minimum Gasteiger partial charge on any atom is -0.483 e. The predicted octanol–water partition coefficient (Wildman–Crippen LogP) is 0.605. The van der Waals surface area contributed by atoms with Gasteiger partial charge in [-0.15, -0.1) is 0 Å². The van der Waals surface area contributed by atoms with E-state index in [1.807, 2.05) is 0 Å². The lowest BCUT2D eigenvalue weighted by molar-refractivity contribution is 0.0839. The number of hydrogen-bond acceptors (Lipinski definition) is 6. The molecule has 1 N–H and O–H groups in total. The summed E-state index contributed by atoms with van der Waals surface area (Å²) in [5.74, 6) is -0.672. The first-order valence-electron chi connectivity index (χ1n) is 6.44. The summed E-state index contributed by atoms with van der Waals surface area (Å²) >= 11 is 0. The van der Waals surface area contributed by atoms with Crippen molar-refractivity contribution in [2.75, 3.05) is 39.7 Å². The van der Waals surface area contributed by atoms with Crippen LogP contribution in [0, 0.1) is 5.82 Å². The highest BCUT2D eigenvalue weighted by Gasteiger charge is 2.26. The molecule has 0 spiro atoms. The van der Waals surface area contributed by atoms with E-state index in [1.54, 1.807) is 7.11 Å². The molecule has 1 heterocycles. The zero-order valence-electron chi connectivity index (χ0n) is 11.9. The van der Waals surface area contributed by atoms with Gasteiger partial charge in [-0.05, 0) is 6.07 Å². The molecule has 1 aliphatic rings. The van der Waals surface area contributed by atoms with Crippen LogP contribution in [0.15, 0.2) is 17.0 Å². The quantitative estimate of drug-likeness (QED) is 0.774. The fourth-order valence-electron chi connectivity index (χ4n) is 1.91. The third-order valence-corrected chi connectivity index (χ3v) is 4.07. The molecule has 0 radical (unpaired) electrons. The molecule has 1 unspecified atom stereocenters. The van der Waals surface area contributed by atoms with Gasteiger partial charge in [0.1, 0.15) is 12.7 Å². The topological polar surface area (TPSA) is 73.9 Å². The number of fused-ring (bicyclic) bond motifs is 1. The van der Waals surface area contributed by atoms with Gasteiger partial charge in [0, 0.05) is 32.5 Å². The number of benzene rings is 1. The Morgan fingerprint density at radius 1 is 1.48 bits per heavy atom. The van der Waals surface area contributed by atoms with Crippen LogP contribution in [0.25, 0.3) is 0 Å². The van der Waals surface area contributed by atoms with E-state index in [9.17, 15) is 12.8 Å². The summed E-state index contributed by atoms with van der Waals surface area (Å²) in [6, 6.07) is 2.23. The largest absolute Gasteiger partial charge is 0.483 e. The molecule has 1 aromatic rings. The van der Waals surface area contributed by atoms with Crippen LogP contribution in [0.5, 0.6) is 11.5 Å². The number of hydrogen-bond donors (Lipinski definition) is 1. The molecule has 8 heteroatoms. The van der Waals surface area contributed by atoms with Gasteiger partial charge < -0.3 is 19.5 Å². The molecule has 0 fully saturated rings. The molecule has 21 heavy (non-hydrogen) atoms. The maximum Gasteiger partial charge on any atom is 0.197 e. The van der Waals surface area contributed by atoms with Crippen molar-refractivity contribution in [1.82, 2.24) is 5.32 Å². The fourth-order valence-corrected chi connectivity index (χ4v) is 2.55. The second-order valence-electron chi connectivity index (χ2n) is 4.75. The van der Waals surface area contributed by atoms with E-state index in [0.717, 1.165) is 12.3 Å². The monoisotopic (exact) mass is 319 g/mol. The molecule has 0 saturated carbocycles. The number of ether oxygens (including phenoxy) is 3. The molecule has 1 atom stereocenters. The molecule has 1 aliphatic heterocycles. The Hall–Kier alpha value is -1.38. The fraction of sp³-hybridized carbons (Fsp3) is 0.538. The minimum atomic E-state index is -3.51. The van der Waals surface area contributed by atoms with Gasteiger partial charge >= 0.3 is 0 Å². The Labute approximate surface area is 123 Å². The Morgan fingerprint density at radius 2 is 2.24 bits per heavy atom. The first-order chi connectivity index (χ1) is 9.91. The average Bonchev–Trinajstić information content (AvgIpc) is 2.42. The second kappa shape index (κ2) is 6.59. The van der Waals surface area contributed by atoms with Crippen LogP contribution >= 0.6 is 0 Å². The first-order valence-corrected chi connectivity index (χ1v) is 8.33. The van der Waals surface area contributed by atoms with Crippen LogP contribution in [0.2, 0.25) is 0 Å². The van der Waals surface area contributed by atoms with Gasteiger partial charge in [0.15, 0.2) is 27.2 Å². The zero-order valence-corrected chi connectivity index (χ0v) is 12.7. The Kier molecular flexibility index (Phi) is 5.02. The minimum absolute atomic E-state index is 0.0458. The average molecular weight is 319 g/mol.